The maximum Gasteiger partial charge on any atom is 0.0508 e. The summed E-state index contributed by atoms with van der Waals surface area (Å²) in [6, 6.07) is 10.8. The van der Waals surface area contributed by atoms with Gasteiger partial charge in [-0.05, 0) is 24.4 Å². The Labute approximate surface area is 84.0 Å². The van der Waals surface area contributed by atoms with Crippen LogP contribution in [0, 0.1) is 11.3 Å². The van der Waals surface area contributed by atoms with E-state index >= 15 is 0 Å². The Morgan fingerprint density at radius 2 is 2.14 bits per heavy atom. The van der Waals surface area contributed by atoms with Crippen LogP contribution in [0.5, 0.6) is 0 Å². The lowest BCUT2D eigenvalue weighted by Gasteiger charge is -2.21. The van der Waals surface area contributed by atoms with Gasteiger partial charge in [0.05, 0.1) is 6.61 Å². The van der Waals surface area contributed by atoms with E-state index in [0.717, 1.165) is 6.54 Å². The number of nitrogens with one attached hydrogen (secondary N) is 1. The van der Waals surface area contributed by atoms with Crippen molar-refractivity contribution in [1.82, 2.24) is 5.32 Å². The highest BCUT2D eigenvalue weighted by Crippen LogP contribution is 2.63. The third-order valence-electron chi connectivity index (χ3n) is 3.85. The summed E-state index contributed by atoms with van der Waals surface area (Å²) in [4.78, 5) is 0. The Bertz CT molecular complexity index is 333. The zero-order chi connectivity index (χ0) is 9.60. The number of aliphatic hydroxyl groups is 1. The molecule has 3 rings (SSSR count). The summed E-state index contributed by atoms with van der Waals surface area (Å²) in [7, 11) is 0. The molecule has 2 N–H and O–H groups in total. The van der Waals surface area contributed by atoms with Crippen LogP contribution in [0.2, 0.25) is 0 Å². The van der Waals surface area contributed by atoms with Crippen molar-refractivity contribution in [2.75, 3.05) is 13.2 Å². The van der Waals surface area contributed by atoms with Crippen molar-refractivity contribution < 1.29 is 5.11 Å². The minimum Gasteiger partial charge on any atom is -0.396 e. The van der Waals surface area contributed by atoms with E-state index in [0.29, 0.717) is 18.6 Å². The standard InChI is InChI=1S/C12H15NO/c14-8-12-6-10(12)7-13-11(12)9-4-2-1-3-5-9/h1-5,10-11,13-14H,6-8H2/t10-,11-,12+/m1/s1. The van der Waals surface area contributed by atoms with Crippen LogP contribution in [0.1, 0.15) is 18.0 Å². The normalized spacial score (nSPS) is 39.5. The first kappa shape index (κ1) is 8.45. The zero-order valence-electron chi connectivity index (χ0n) is 8.11. The van der Waals surface area contributed by atoms with E-state index in [1.807, 2.05) is 6.07 Å². The van der Waals surface area contributed by atoms with Gasteiger partial charge in [-0.2, -0.15) is 0 Å². The van der Waals surface area contributed by atoms with Gasteiger partial charge in [0, 0.05) is 11.5 Å². The van der Waals surface area contributed by atoms with E-state index in [1.165, 1.54) is 12.0 Å². The second kappa shape index (κ2) is 2.81. The van der Waals surface area contributed by atoms with Crippen molar-refractivity contribution >= 4 is 0 Å². The molecule has 1 aliphatic carbocycles. The molecule has 1 aromatic rings. The van der Waals surface area contributed by atoms with Gasteiger partial charge in [-0.1, -0.05) is 30.3 Å². The summed E-state index contributed by atoms with van der Waals surface area (Å²) in [6.45, 7) is 1.39. The molecule has 0 radical (unpaired) electrons. The SMILES string of the molecule is OC[C@@]12C[C@@H]1CN[C@@H]2c1ccccc1. The molecule has 0 aromatic heterocycles. The van der Waals surface area contributed by atoms with Crippen molar-refractivity contribution in [3.63, 3.8) is 0 Å². The van der Waals surface area contributed by atoms with Crippen LogP contribution in [-0.4, -0.2) is 18.3 Å². The van der Waals surface area contributed by atoms with Crippen LogP contribution < -0.4 is 5.32 Å². The highest BCUT2D eigenvalue weighted by molar-refractivity contribution is 5.28. The second-order valence-corrected chi connectivity index (χ2v) is 4.54. The van der Waals surface area contributed by atoms with Crippen molar-refractivity contribution in [3.8, 4) is 0 Å². The van der Waals surface area contributed by atoms with E-state index in [9.17, 15) is 5.11 Å². The fraction of sp³-hybridized carbons (Fsp3) is 0.500. The predicted molar refractivity (Wildman–Crippen MR) is 54.8 cm³/mol. The topological polar surface area (TPSA) is 32.3 Å². The summed E-state index contributed by atoms with van der Waals surface area (Å²) in [6.07, 6.45) is 1.19. The highest BCUT2D eigenvalue weighted by Gasteiger charge is 2.62. The van der Waals surface area contributed by atoms with E-state index in [2.05, 4.69) is 29.6 Å². The lowest BCUT2D eigenvalue weighted by molar-refractivity contribution is 0.185. The van der Waals surface area contributed by atoms with Gasteiger partial charge in [-0.15, -0.1) is 0 Å². The molecule has 0 spiro atoms. The second-order valence-electron chi connectivity index (χ2n) is 4.54. The summed E-state index contributed by atoms with van der Waals surface area (Å²) < 4.78 is 0. The molecule has 0 amide bonds. The van der Waals surface area contributed by atoms with Gasteiger partial charge >= 0.3 is 0 Å². The lowest BCUT2D eigenvalue weighted by Crippen LogP contribution is -2.25. The molecule has 1 heterocycles. The van der Waals surface area contributed by atoms with Gasteiger partial charge in [0.15, 0.2) is 0 Å². The maximum absolute atomic E-state index is 9.46. The van der Waals surface area contributed by atoms with Crippen molar-refractivity contribution in [3.05, 3.63) is 35.9 Å². The van der Waals surface area contributed by atoms with Crippen molar-refractivity contribution in [1.29, 1.82) is 0 Å². The number of piperidine rings is 1. The first-order valence-corrected chi connectivity index (χ1v) is 5.26. The summed E-state index contributed by atoms with van der Waals surface area (Å²) >= 11 is 0. The van der Waals surface area contributed by atoms with Crippen molar-refractivity contribution in [2.45, 2.75) is 12.5 Å². The van der Waals surface area contributed by atoms with Gasteiger partial charge in [-0.3, -0.25) is 0 Å². The molecule has 2 nitrogen and oxygen atoms in total. The number of aliphatic hydroxyl groups excluding tert-OH is 1. The molecule has 2 aliphatic rings. The minimum absolute atomic E-state index is 0.168. The van der Waals surface area contributed by atoms with E-state index in [-0.39, 0.29) is 5.41 Å². The molecule has 1 saturated carbocycles. The third kappa shape index (κ3) is 0.983. The summed E-state index contributed by atoms with van der Waals surface area (Å²) in [5, 5.41) is 13.0. The van der Waals surface area contributed by atoms with Crippen molar-refractivity contribution in [2.24, 2.45) is 11.3 Å². The van der Waals surface area contributed by atoms with Gasteiger partial charge < -0.3 is 10.4 Å². The van der Waals surface area contributed by atoms with E-state index in [4.69, 9.17) is 0 Å². The van der Waals surface area contributed by atoms with Crippen LogP contribution in [0.25, 0.3) is 0 Å². The Hall–Kier alpha value is -0.860. The zero-order valence-corrected chi connectivity index (χ0v) is 8.11. The fourth-order valence-electron chi connectivity index (χ4n) is 2.87. The molecule has 14 heavy (non-hydrogen) atoms. The predicted octanol–water partition coefficient (Wildman–Crippen LogP) is 1.33. The fourth-order valence-corrected chi connectivity index (χ4v) is 2.87. The Balaban J connectivity index is 1.93. The number of rotatable bonds is 2. The number of fused-ring (bicyclic) bond motifs is 1. The molecule has 0 unspecified atom stereocenters. The maximum atomic E-state index is 9.46. The number of benzene rings is 1. The first-order chi connectivity index (χ1) is 6.87. The number of hydrogen-bond donors (Lipinski definition) is 2. The lowest BCUT2D eigenvalue weighted by atomic mass is 9.91. The average molecular weight is 189 g/mol. The number of hydrogen-bond acceptors (Lipinski definition) is 2. The van der Waals surface area contributed by atoms with E-state index < -0.39 is 0 Å². The molecular formula is C12H15NO. The molecule has 1 aliphatic heterocycles. The largest absolute Gasteiger partial charge is 0.396 e. The minimum atomic E-state index is 0.168. The van der Waals surface area contributed by atoms with Crippen LogP contribution in [0.15, 0.2) is 30.3 Å². The summed E-state index contributed by atoms with van der Waals surface area (Å²) in [5.74, 6) is 0.706. The van der Waals surface area contributed by atoms with Gasteiger partial charge in [0.25, 0.3) is 0 Å². The molecule has 0 bridgehead atoms. The third-order valence-corrected chi connectivity index (χ3v) is 3.85. The van der Waals surface area contributed by atoms with Gasteiger partial charge in [-0.25, -0.2) is 0 Å². The average Bonchev–Trinajstić information content (AvgIpc) is 2.87. The Kier molecular flexibility index (Phi) is 1.70. The summed E-state index contributed by atoms with van der Waals surface area (Å²) in [5.41, 5.74) is 1.49. The monoisotopic (exact) mass is 189 g/mol. The Morgan fingerprint density at radius 1 is 1.36 bits per heavy atom. The van der Waals surface area contributed by atoms with E-state index in [1.54, 1.807) is 0 Å². The molecule has 2 heteroatoms. The molecule has 74 valence electrons. The quantitative estimate of drug-likeness (QED) is 0.735. The van der Waals surface area contributed by atoms with Crippen LogP contribution >= 0.6 is 0 Å². The van der Waals surface area contributed by atoms with Crippen LogP contribution in [0.4, 0.5) is 0 Å². The molecule has 2 fully saturated rings. The Morgan fingerprint density at radius 3 is 2.79 bits per heavy atom. The molecule has 1 aromatic carbocycles. The van der Waals surface area contributed by atoms with Gasteiger partial charge in [0.1, 0.15) is 0 Å². The molecule has 1 saturated heterocycles. The molecular weight excluding hydrogens is 174 g/mol. The molecule has 3 atom stereocenters. The van der Waals surface area contributed by atoms with Crippen LogP contribution in [-0.2, 0) is 0 Å². The van der Waals surface area contributed by atoms with Crippen LogP contribution in [0.3, 0.4) is 0 Å². The smallest absolute Gasteiger partial charge is 0.0508 e. The first-order valence-electron chi connectivity index (χ1n) is 5.26. The highest BCUT2D eigenvalue weighted by atomic mass is 16.3. The van der Waals surface area contributed by atoms with Gasteiger partial charge in [0.2, 0.25) is 0 Å².